The number of rotatable bonds is 12. The van der Waals surface area contributed by atoms with Crippen molar-refractivity contribution in [3.8, 4) is 5.75 Å². The number of ether oxygens (including phenoxy) is 1. The molecule has 0 aliphatic rings. The van der Waals surface area contributed by atoms with E-state index in [4.69, 9.17) is 9.57 Å². The average Bonchev–Trinajstić information content (AvgIpc) is 2.86. The van der Waals surface area contributed by atoms with Gasteiger partial charge in [-0.2, -0.15) is 0 Å². The molecule has 0 heterocycles. The molecule has 1 atom stereocenters. The summed E-state index contributed by atoms with van der Waals surface area (Å²) in [6, 6.07) is 26.0. The summed E-state index contributed by atoms with van der Waals surface area (Å²) >= 11 is 0. The zero-order valence-corrected chi connectivity index (χ0v) is 22.0. The quantitative estimate of drug-likeness (QED) is 0.325. The van der Waals surface area contributed by atoms with Gasteiger partial charge in [-0.25, -0.2) is 13.9 Å². The van der Waals surface area contributed by atoms with Gasteiger partial charge in [-0.1, -0.05) is 60.7 Å². The molecule has 0 aliphatic heterocycles. The lowest BCUT2D eigenvalue weighted by atomic mass is 10.0. The van der Waals surface area contributed by atoms with E-state index in [-0.39, 0.29) is 10.6 Å². The van der Waals surface area contributed by atoms with Crippen LogP contribution in [0.5, 0.6) is 5.75 Å². The van der Waals surface area contributed by atoms with E-state index in [9.17, 15) is 13.2 Å². The monoisotopic (exact) mass is 509 g/mol. The van der Waals surface area contributed by atoms with Crippen LogP contribution in [0.15, 0.2) is 89.8 Å². The van der Waals surface area contributed by atoms with Crippen LogP contribution in [0.3, 0.4) is 0 Å². The highest BCUT2D eigenvalue weighted by Crippen LogP contribution is 2.22. The number of aryl methyl sites for hydroxylation is 1. The molecule has 6 nitrogen and oxygen atoms in total. The molecule has 0 radical (unpaired) electrons. The Hall–Kier alpha value is -3.16. The van der Waals surface area contributed by atoms with Gasteiger partial charge >= 0.3 is 0 Å². The minimum absolute atomic E-state index is 0.159. The number of carbonyl (C=O) groups is 1. The van der Waals surface area contributed by atoms with Gasteiger partial charge in [-0.05, 0) is 75.4 Å². The summed E-state index contributed by atoms with van der Waals surface area (Å²) in [5.74, 6) is -0.890. The molecule has 1 unspecified atom stereocenters. The molecule has 1 amide bonds. The predicted molar refractivity (Wildman–Crippen MR) is 141 cm³/mol. The van der Waals surface area contributed by atoms with Crippen LogP contribution in [0.2, 0.25) is 0 Å². The molecule has 0 bridgehead atoms. The number of hydrogen-bond acceptors (Lipinski definition) is 5. The third-order valence-electron chi connectivity index (χ3n) is 5.54. The molecule has 3 rings (SSSR count). The van der Waals surface area contributed by atoms with E-state index in [0.29, 0.717) is 25.2 Å². The molecular formula is C29H35NO5S. The van der Waals surface area contributed by atoms with Gasteiger partial charge in [0, 0.05) is 0 Å². The second kappa shape index (κ2) is 12.7. The molecule has 36 heavy (non-hydrogen) atoms. The van der Waals surface area contributed by atoms with Crippen molar-refractivity contribution in [3.63, 3.8) is 0 Å². The molecule has 0 saturated heterocycles. The van der Waals surface area contributed by atoms with Crippen LogP contribution in [0.1, 0.15) is 44.7 Å². The van der Waals surface area contributed by atoms with Crippen LogP contribution in [0, 0.1) is 5.92 Å². The molecule has 0 fully saturated rings. The van der Waals surface area contributed by atoms with E-state index < -0.39 is 27.3 Å². The molecule has 0 saturated carbocycles. The van der Waals surface area contributed by atoms with E-state index in [1.807, 2.05) is 81.4 Å². The third kappa shape index (κ3) is 9.13. The summed E-state index contributed by atoms with van der Waals surface area (Å²) in [7, 11) is -3.71. The van der Waals surface area contributed by atoms with Crippen molar-refractivity contribution in [3.05, 3.63) is 96.1 Å². The summed E-state index contributed by atoms with van der Waals surface area (Å²) < 4.78 is 32.2. The molecule has 0 spiro atoms. The Balaban J connectivity index is 1.65. The highest BCUT2D eigenvalue weighted by molar-refractivity contribution is 7.91. The van der Waals surface area contributed by atoms with Crippen molar-refractivity contribution >= 4 is 15.7 Å². The van der Waals surface area contributed by atoms with Gasteiger partial charge in [-0.15, -0.1) is 0 Å². The summed E-state index contributed by atoms with van der Waals surface area (Å²) in [5.41, 5.74) is 4.05. The number of amides is 1. The van der Waals surface area contributed by atoms with E-state index in [2.05, 4.69) is 5.48 Å². The van der Waals surface area contributed by atoms with Gasteiger partial charge in [0.15, 0.2) is 9.84 Å². The molecular weight excluding hydrogens is 474 g/mol. The van der Waals surface area contributed by atoms with Crippen LogP contribution < -0.4 is 10.2 Å². The summed E-state index contributed by atoms with van der Waals surface area (Å²) in [4.78, 5) is 18.5. The SMILES string of the molecule is CC(C)(C)ONC(=O)C(CCCc1ccccc1)CS(=O)(=O)c1ccc(OCc2ccccc2)cc1. The smallest absolute Gasteiger partial charge is 0.247 e. The Morgan fingerprint density at radius 2 is 1.44 bits per heavy atom. The number of hydrogen-bond donors (Lipinski definition) is 1. The summed E-state index contributed by atoms with van der Waals surface area (Å²) in [6.07, 6.45) is 1.86. The number of hydroxylamine groups is 1. The Morgan fingerprint density at radius 1 is 0.861 bits per heavy atom. The van der Waals surface area contributed by atoms with Gasteiger partial charge in [0.2, 0.25) is 5.91 Å². The zero-order valence-electron chi connectivity index (χ0n) is 21.1. The Morgan fingerprint density at radius 3 is 2.03 bits per heavy atom. The number of nitrogens with one attached hydrogen (secondary N) is 1. The first-order valence-corrected chi connectivity index (χ1v) is 13.8. The van der Waals surface area contributed by atoms with Crippen molar-refractivity contribution < 1.29 is 22.8 Å². The first kappa shape index (κ1) is 27.4. The maximum absolute atomic E-state index is 13.2. The highest BCUT2D eigenvalue weighted by Gasteiger charge is 2.28. The maximum atomic E-state index is 13.2. The zero-order chi connectivity index (χ0) is 26.0. The minimum atomic E-state index is -3.71. The fourth-order valence-electron chi connectivity index (χ4n) is 3.62. The average molecular weight is 510 g/mol. The molecule has 3 aromatic carbocycles. The topological polar surface area (TPSA) is 81.7 Å². The van der Waals surface area contributed by atoms with E-state index >= 15 is 0 Å². The normalized spacial score (nSPS) is 12.6. The second-order valence-electron chi connectivity index (χ2n) is 9.78. The first-order valence-electron chi connectivity index (χ1n) is 12.1. The molecule has 0 aromatic heterocycles. The Bertz CT molecular complexity index is 1190. The molecule has 3 aromatic rings. The number of carbonyl (C=O) groups excluding carboxylic acids is 1. The Kier molecular flexibility index (Phi) is 9.67. The van der Waals surface area contributed by atoms with E-state index in [1.165, 1.54) is 12.1 Å². The van der Waals surface area contributed by atoms with Crippen LogP contribution in [0.25, 0.3) is 0 Å². The first-order chi connectivity index (χ1) is 17.1. The molecule has 1 N–H and O–H groups in total. The highest BCUT2D eigenvalue weighted by atomic mass is 32.2. The summed E-state index contributed by atoms with van der Waals surface area (Å²) in [5, 5.41) is 0. The van der Waals surface area contributed by atoms with Gasteiger partial charge in [0.05, 0.1) is 22.2 Å². The van der Waals surface area contributed by atoms with Gasteiger partial charge < -0.3 is 4.74 Å². The van der Waals surface area contributed by atoms with E-state index in [0.717, 1.165) is 17.5 Å². The molecule has 0 aliphatic carbocycles. The van der Waals surface area contributed by atoms with Crippen molar-refractivity contribution in [1.82, 2.24) is 5.48 Å². The van der Waals surface area contributed by atoms with Crippen molar-refractivity contribution in [2.75, 3.05) is 5.75 Å². The Labute approximate surface area is 214 Å². The lowest BCUT2D eigenvalue weighted by Crippen LogP contribution is -2.39. The van der Waals surface area contributed by atoms with Gasteiger partial charge in [-0.3, -0.25) is 9.63 Å². The fourth-order valence-corrected chi connectivity index (χ4v) is 5.21. The third-order valence-corrected chi connectivity index (χ3v) is 7.37. The van der Waals surface area contributed by atoms with Crippen LogP contribution in [0.4, 0.5) is 0 Å². The standard InChI is InChI=1S/C29H35NO5S/c1-29(2,3)35-30-28(31)25(16-10-15-23-11-6-4-7-12-23)22-36(32,33)27-19-17-26(18-20-27)34-21-24-13-8-5-9-14-24/h4-9,11-14,17-20,25H,10,15-16,21-22H2,1-3H3,(H,30,31). The van der Waals surface area contributed by atoms with Crippen molar-refractivity contribution in [2.24, 2.45) is 5.92 Å². The van der Waals surface area contributed by atoms with E-state index in [1.54, 1.807) is 12.1 Å². The van der Waals surface area contributed by atoms with Crippen molar-refractivity contribution in [2.45, 2.75) is 57.1 Å². The van der Waals surface area contributed by atoms with Crippen LogP contribution >= 0.6 is 0 Å². The maximum Gasteiger partial charge on any atom is 0.247 e. The van der Waals surface area contributed by atoms with Crippen molar-refractivity contribution in [1.29, 1.82) is 0 Å². The lowest BCUT2D eigenvalue weighted by Gasteiger charge is -2.22. The molecule has 192 valence electrons. The van der Waals surface area contributed by atoms with Crippen LogP contribution in [-0.2, 0) is 32.5 Å². The fraction of sp³-hybridized carbons (Fsp3) is 0.345. The summed E-state index contributed by atoms with van der Waals surface area (Å²) in [6.45, 7) is 5.84. The predicted octanol–water partition coefficient (Wildman–Crippen LogP) is 5.52. The van der Waals surface area contributed by atoms with Gasteiger partial charge in [0.25, 0.3) is 0 Å². The number of sulfone groups is 1. The molecule has 7 heteroatoms. The minimum Gasteiger partial charge on any atom is -0.489 e. The largest absolute Gasteiger partial charge is 0.489 e. The second-order valence-corrected chi connectivity index (χ2v) is 11.8. The number of benzene rings is 3. The lowest BCUT2D eigenvalue weighted by molar-refractivity contribution is -0.149. The van der Waals surface area contributed by atoms with Crippen LogP contribution in [-0.4, -0.2) is 25.7 Å². The van der Waals surface area contributed by atoms with Gasteiger partial charge in [0.1, 0.15) is 12.4 Å².